The molecular weight excluding hydrogens is 370 g/mol. The first-order valence-corrected chi connectivity index (χ1v) is 9.74. The Kier molecular flexibility index (Phi) is 5.11. The van der Waals surface area contributed by atoms with E-state index in [9.17, 15) is 14.7 Å². The van der Waals surface area contributed by atoms with Gasteiger partial charge in [-0.05, 0) is 50.1 Å². The molecule has 0 aliphatic carbocycles. The summed E-state index contributed by atoms with van der Waals surface area (Å²) in [6.45, 7) is 4.83. The van der Waals surface area contributed by atoms with E-state index in [1.165, 1.54) is 0 Å². The van der Waals surface area contributed by atoms with Gasteiger partial charge in [0.05, 0.1) is 23.1 Å². The van der Waals surface area contributed by atoms with Crippen LogP contribution in [0.15, 0.2) is 57.7 Å². The molecule has 0 saturated heterocycles. The number of benzene rings is 2. The lowest BCUT2D eigenvalue weighted by molar-refractivity contribution is 0.0593. The van der Waals surface area contributed by atoms with Crippen molar-refractivity contribution in [1.82, 2.24) is 4.90 Å². The second kappa shape index (κ2) is 7.72. The minimum atomic E-state index is -0.607. The summed E-state index contributed by atoms with van der Waals surface area (Å²) >= 11 is 0. The summed E-state index contributed by atoms with van der Waals surface area (Å²) in [6.07, 6.45) is 0.734. The second-order valence-corrected chi connectivity index (χ2v) is 7.44. The Morgan fingerprint density at radius 3 is 2.69 bits per heavy atom. The van der Waals surface area contributed by atoms with Gasteiger partial charge >= 0.3 is 0 Å². The van der Waals surface area contributed by atoms with E-state index < -0.39 is 6.04 Å². The third-order valence-corrected chi connectivity index (χ3v) is 5.05. The van der Waals surface area contributed by atoms with Gasteiger partial charge in [0.1, 0.15) is 11.3 Å². The summed E-state index contributed by atoms with van der Waals surface area (Å²) in [6, 6.07) is 13.0. The third-order valence-electron chi connectivity index (χ3n) is 5.05. The highest BCUT2D eigenvalue weighted by atomic mass is 16.5. The molecule has 3 aromatic rings. The summed E-state index contributed by atoms with van der Waals surface area (Å²) in [5.41, 5.74) is 1.17. The zero-order chi connectivity index (χ0) is 20.5. The van der Waals surface area contributed by atoms with Crippen molar-refractivity contribution in [3.05, 3.63) is 75.6 Å². The molecule has 0 unspecified atom stereocenters. The molecule has 1 aliphatic heterocycles. The first-order chi connectivity index (χ1) is 14.0. The normalized spacial score (nSPS) is 16.0. The number of aromatic hydroxyl groups is 1. The van der Waals surface area contributed by atoms with Gasteiger partial charge in [-0.3, -0.25) is 9.59 Å². The van der Waals surface area contributed by atoms with Crippen molar-refractivity contribution in [2.75, 3.05) is 13.2 Å². The number of hydrogen-bond acceptors (Lipinski definition) is 5. The summed E-state index contributed by atoms with van der Waals surface area (Å²) in [5.74, 6) is -0.163. The third kappa shape index (κ3) is 3.51. The second-order valence-electron chi connectivity index (χ2n) is 7.44. The number of carbonyl (C=O) groups is 1. The maximum Gasteiger partial charge on any atom is 0.290 e. The molecule has 1 atom stereocenters. The number of para-hydroxylation sites is 1. The van der Waals surface area contributed by atoms with Gasteiger partial charge in [-0.25, -0.2) is 0 Å². The molecule has 2 aromatic carbocycles. The Balaban J connectivity index is 1.81. The largest absolute Gasteiger partial charge is 0.508 e. The summed E-state index contributed by atoms with van der Waals surface area (Å²) in [7, 11) is 0. The fourth-order valence-corrected chi connectivity index (χ4v) is 3.79. The molecule has 150 valence electrons. The van der Waals surface area contributed by atoms with Crippen molar-refractivity contribution < 1.29 is 19.1 Å². The van der Waals surface area contributed by atoms with Gasteiger partial charge in [-0.15, -0.1) is 0 Å². The van der Waals surface area contributed by atoms with Crippen molar-refractivity contribution in [3.63, 3.8) is 0 Å². The molecular formula is C23H23NO5. The smallest absolute Gasteiger partial charge is 0.290 e. The van der Waals surface area contributed by atoms with Crippen LogP contribution in [0.3, 0.4) is 0 Å². The van der Waals surface area contributed by atoms with E-state index in [0.29, 0.717) is 41.7 Å². The van der Waals surface area contributed by atoms with Crippen molar-refractivity contribution >= 4 is 16.9 Å². The van der Waals surface area contributed by atoms with Crippen molar-refractivity contribution in [3.8, 4) is 5.75 Å². The standard InChI is InChI=1S/C23H23NO5/c1-14(2)28-12-6-11-24-20(15-7-5-8-16(25)13-15)19-21(26)17-9-3-4-10-18(17)29-22(19)23(24)27/h3-5,7-10,13-14,20,25H,6,11-12H2,1-2H3/t20-/m0/s1. The number of phenols is 1. The predicted molar refractivity (Wildman–Crippen MR) is 109 cm³/mol. The molecule has 0 bridgehead atoms. The van der Waals surface area contributed by atoms with Crippen LogP contribution in [0.25, 0.3) is 11.0 Å². The molecule has 6 heteroatoms. The van der Waals surface area contributed by atoms with Crippen LogP contribution >= 0.6 is 0 Å². The molecule has 6 nitrogen and oxygen atoms in total. The topological polar surface area (TPSA) is 80.0 Å². The number of hydrogen-bond donors (Lipinski definition) is 1. The molecule has 1 aliphatic rings. The molecule has 0 radical (unpaired) electrons. The van der Waals surface area contributed by atoms with E-state index in [1.54, 1.807) is 53.4 Å². The fourth-order valence-electron chi connectivity index (χ4n) is 3.79. The highest BCUT2D eigenvalue weighted by molar-refractivity contribution is 5.99. The van der Waals surface area contributed by atoms with E-state index in [-0.39, 0.29) is 28.9 Å². The average Bonchev–Trinajstić information content (AvgIpc) is 2.98. The van der Waals surface area contributed by atoms with Gasteiger partial charge in [0.15, 0.2) is 5.43 Å². The SMILES string of the molecule is CC(C)OCCCN1C(=O)c2oc3ccccc3c(=O)c2[C@@H]1c1cccc(O)c1. The average molecular weight is 393 g/mol. The fraction of sp³-hybridized carbons (Fsp3) is 0.304. The molecule has 4 rings (SSSR count). The van der Waals surface area contributed by atoms with Crippen LogP contribution in [0, 0.1) is 0 Å². The molecule has 0 spiro atoms. The quantitative estimate of drug-likeness (QED) is 0.643. The summed E-state index contributed by atoms with van der Waals surface area (Å²) < 4.78 is 11.5. The Hall–Kier alpha value is -3.12. The Labute approximate surface area is 168 Å². The lowest BCUT2D eigenvalue weighted by Crippen LogP contribution is -2.31. The molecule has 29 heavy (non-hydrogen) atoms. The van der Waals surface area contributed by atoms with Crippen LogP contribution in [0.5, 0.6) is 5.75 Å². The predicted octanol–water partition coefficient (Wildman–Crippen LogP) is 3.86. The number of nitrogens with zero attached hydrogens (tertiary/aromatic N) is 1. The van der Waals surface area contributed by atoms with Crippen LogP contribution in [0.2, 0.25) is 0 Å². The van der Waals surface area contributed by atoms with Crippen molar-refractivity contribution in [1.29, 1.82) is 0 Å². The monoisotopic (exact) mass is 393 g/mol. The maximum atomic E-state index is 13.3. The van der Waals surface area contributed by atoms with E-state index in [2.05, 4.69) is 0 Å². The molecule has 2 heterocycles. The highest BCUT2D eigenvalue weighted by Crippen LogP contribution is 2.38. The molecule has 1 N–H and O–H groups in total. The molecule has 1 aromatic heterocycles. The highest BCUT2D eigenvalue weighted by Gasteiger charge is 2.42. The van der Waals surface area contributed by atoms with E-state index in [1.807, 2.05) is 13.8 Å². The number of carbonyl (C=O) groups excluding carboxylic acids is 1. The number of fused-ring (bicyclic) bond motifs is 2. The first-order valence-electron chi connectivity index (χ1n) is 9.74. The molecule has 0 saturated carbocycles. The van der Waals surface area contributed by atoms with Crippen LogP contribution in [0.1, 0.15) is 48.0 Å². The lowest BCUT2D eigenvalue weighted by atomic mass is 9.98. The van der Waals surface area contributed by atoms with Crippen LogP contribution < -0.4 is 5.43 Å². The number of ether oxygens (including phenoxy) is 1. The van der Waals surface area contributed by atoms with Crippen molar-refractivity contribution in [2.45, 2.75) is 32.4 Å². The zero-order valence-electron chi connectivity index (χ0n) is 16.4. The van der Waals surface area contributed by atoms with Gasteiger partial charge in [0.2, 0.25) is 5.76 Å². The molecule has 1 amide bonds. The van der Waals surface area contributed by atoms with Gasteiger partial charge in [0, 0.05) is 13.2 Å². The van der Waals surface area contributed by atoms with Gasteiger partial charge in [-0.1, -0.05) is 24.3 Å². The van der Waals surface area contributed by atoms with Crippen LogP contribution in [0.4, 0.5) is 0 Å². The van der Waals surface area contributed by atoms with Gasteiger partial charge in [-0.2, -0.15) is 0 Å². The number of amides is 1. The zero-order valence-corrected chi connectivity index (χ0v) is 16.4. The lowest BCUT2D eigenvalue weighted by Gasteiger charge is -2.25. The van der Waals surface area contributed by atoms with Gasteiger partial charge < -0.3 is 19.2 Å². The van der Waals surface area contributed by atoms with Crippen molar-refractivity contribution in [2.24, 2.45) is 0 Å². The van der Waals surface area contributed by atoms with E-state index >= 15 is 0 Å². The number of phenolic OH excluding ortho intramolecular Hbond substituents is 1. The Bertz CT molecular complexity index is 1120. The number of rotatable bonds is 6. The Morgan fingerprint density at radius 1 is 1.14 bits per heavy atom. The summed E-state index contributed by atoms with van der Waals surface area (Å²) in [4.78, 5) is 28.1. The van der Waals surface area contributed by atoms with E-state index in [4.69, 9.17) is 9.15 Å². The maximum absolute atomic E-state index is 13.3. The summed E-state index contributed by atoms with van der Waals surface area (Å²) in [5, 5.41) is 10.4. The van der Waals surface area contributed by atoms with Gasteiger partial charge in [0.25, 0.3) is 5.91 Å². The molecule has 0 fully saturated rings. The Morgan fingerprint density at radius 2 is 1.93 bits per heavy atom. The van der Waals surface area contributed by atoms with Crippen LogP contribution in [-0.4, -0.2) is 35.2 Å². The van der Waals surface area contributed by atoms with E-state index in [0.717, 1.165) is 0 Å². The van der Waals surface area contributed by atoms with Crippen LogP contribution in [-0.2, 0) is 4.74 Å². The first kappa shape index (κ1) is 19.2. The minimum Gasteiger partial charge on any atom is -0.508 e. The minimum absolute atomic E-state index is 0.0758.